The molecule has 3 aromatic rings. The van der Waals surface area contributed by atoms with Gasteiger partial charge in [-0.15, -0.1) is 0 Å². The van der Waals surface area contributed by atoms with E-state index in [1.54, 1.807) is 18.6 Å². The van der Waals surface area contributed by atoms with Crippen molar-refractivity contribution in [2.45, 2.75) is 57.4 Å². The Labute approximate surface area is 236 Å². The highest BCUT2D eigenvalue weighted by Crippen LogP contribution is 2.39. The Bertz CT molecular complexity index is 1520. The summed E-state index contributed by atoms with van der Waals surface area (Å²) in [6.45, 7) is 8.21. The number of piperidine rings is 1. The second-order valence-electron chi connectivity index (χ2n) is 12.1. The van der Waals surface area contributed by atoms with E-state index in [0.29, 0.717) is 13.2 Å². The third-order valence-corrected chi connectivity index (χ3v) is 10.4. The zero-order valence-corrected chi connectivity index (χ0v) is 24.1. The van der Waals surface area contributed by atoms with E-state index in [2.05, 4.69) is 40.1 Å². The summed E-state index contributed by atoms with van der Waals surface area (Å²) in [6, 6.07) is 7.67. The molecule has 3 N–H and O–H groups in total. The van der Waals surface area contributed by atoms with Crippen molar-refractivity contribution in [1.29, 1.82) is 0 Å². The van der Waals surface area contributed by atoms with Crippen molar-refractivity contribution < 1.29 is 13.2 Å². The van der Waals surface area contributed by atoms with Crippen molar-refractivity contribution in [3.05, 3.63) is 53.6 Å². The summed E-state index contributed by atoms with van der Waals surface area (Å²) in [4.78, 5) is 16.0. The molecule has 212 valence electrons. The number of aryl methyl sites for hydroxylation is 1. The Kier molecular flexibility index (Phi) is 7.16. The molecule has 1 fully saturated rings. The average Bonchev–Trinajstić information content (AvgIpc) is 3.14. The van der Waals surface area contributed by atoms with Crippen molar-refractivity contribution in [3.8, 4) is 16.9 Å². The Morgan fingerprint density at radius 1 is 1.12 bits per heavy atom. The molecule has 0 bridgehead atoms. The third-order valence-electron chi connectivity index (χ3n) is 8.51. The molecule has 3 aliphatic rings. The SMILES string of the molecule is CC1(C)CCc2ncnc(N3CCOc4ccc(-c5cnc(N)c(S(=O)(=O)CC6CCNCC6)c5)cc4C3)c2C1. The molecule has 9 nitrogen and oxygen atoms in total. The van der Waals surface area contributed by atoms with E-state index in [1.165, 1.54) is 5.56 Å². The molecule has 0 saturated carbocycles. The molecule has 4 heterocycles. The van der Waals surface area contributed by atoms with E-state index >= 15 is 0 Å². The van der Waals surface area contributed by atoms with E-state index in [0.717, 1.165) is 85.7 Å². The molecule has 6 rings (SSSR count). The number of anilines is 2. The van der Waals surface area contributed by atoms with Crippen LogP contribution in [0.2, 0.25) is 0 Å². The fourth-order valence-electron chi connectivity index (χ4n) is 6.20. The highest BCUT2D eigenvalue weighted by Gasteiger charge is 2.31. The molecular formula is C30H38N6O3S. The lowest BCUT2D eigenvalue weighted by Gasteiger charge is -2.33. The van der Waals surface area contributed by atoms with Crippen LogP contribution in [0.4, 0.5) is 11.6 Å². The fourth-order valence-corrected chi connectivity index (χ4v) is 8.01. The third kappa shape index (κ3) is 5.51. The molecular weight excluding hydrogens is 524 g/mol. The van der Waals surface area contributed by atoms with Gasteiger partial charge in [-0.05, 0) is 80.3 Å². The first-order chi connectivity index (χ1) is 19.2. The first kappa shape index (κ1) is 27.0. The lowest BCUT2D eigenvalue weighted by atomic mass is 9.76. The summed E-state index contributed by atoms with van der Waals surface area (Å²) < 4.78 is 32.9. The summed E-state index contributed by atoms with van der Waals surface area (Å²) in [5.41, 5.74) is 11.3. The quantitative estimate of drug-likeness (QED) is 0.478. The number of hydrogen-bond donors (Lipinski definition) is 2. The van der Waals surface area contributed by atoms with Crippen LogP contribution in [0.5, 0.6) is 5.75 Å². The Morgan fingerprint density at radius 2 is 1.95 bits per heavy atom. The van der Waals surface area contributed by atoms with E-state index < -0.39 is 9.84 Å². The maximum atomic E-state index is 13.4. The molecule has 0 radical (unpaired) electrons. The van der Waals surface area contributed by atoms with E-state index in [9.17, 15) is 8.42 Å². The number of nitrogens with one attached hydrogen (secondary N) is 1. The molecule has 40 heavy (non-hydrogen) atoms. The van der Waals surface area contributed by atoms with Gasteiger partial charge in [-0.25, -0.2) is 23.4 Å². The predicted octanol–water partition coefficient (Wildman–Crippen LogP) is 3.81. The van der Waals surface area contributed by atoms with Crippen molar-refractivity contribution in [1.82, 2.24) is 20.3 Å². The maximum absolute atomic E-state index is 13.4. The van der Waals surface area contributed by atoms with Gasteiger partial charge in [-0.2, -0.15) is 0 Å². The van der Waals surface area contributed by atoms with Gasteiger partial charge < -0.3 is 20.7 Å². The first-order valence-corrected chi connectivity index (χ1v) is 15.9. The summed E-state index contributed by atoms with van der Waals surface area (Å²) in [5.74, 6) is 2.09. The van der Waals surface area contributed by atoms with E-state index in [1.807, 2.05) is 12.1 Å². The van der Waals surface area contributed by atoms with Crippen molar-refractivity contribution >= 4 is 21.5 Å². The maximum Gasteiger partial charge on any atom is 0.182 e. The Hall–Kier alpha value is -3.24. The normalized spacial score (nSPS) is 19.3. The van der Waals surface area contributed by atoms with Gasteiger partial charge in [0.15, 0.2) is 9.84 Å². The molecule has 2 aliphatic heterocycles. The molecule has 10 heteroatoms. The van der Waals surface area contributed by atoms with Crippen LogP contribution in [0.3, 0.4) is 0 Å². The molecule has 1 aromatic carbocycles. The van der Waals surface area contributed by atoms with Crippen LogP contribution in [0, 0.1) is 11.3 Å². The second-order valence-corrected chi connectivity index (χ2v) is 14.1. The minimum absolute atomic E-state index is 0.0541. The number of sulfone groups is 1. The predicted molar refractivity (Wildman–Crippen MR) is 156 cm³/mol. The number of fused-ring (bicyclic) bond motifs is 2. The van der Waals surface area contributed by atoms with Crippen LogP contribution in [0.1, 0.15) is 49.9 Å². The first-order valence-electron chi connectivity index (χ1n) is 14.2. The van der Waals surface area contributed by atoms with Gasteiger partial charge in [-0.1, -0.05) is 19.9 Å². The standard InChI is InChI=1S/C30H38N6O3S/c1-30(2)8-5-25-24(15-30)29(35-19-34-25)36-11-12-39-26-4-3-21(13-23(26)17-36)22-14-27(28(31)33-16-22)40(37,38)18-20-6-9-32-10-7-20/h3-4,13-14,16,19-20,32H,5-12,15,17-18H2,1-2H3,(H2,31,33). The fraction of sp³-hybridized carbons (Fsp3) is 0.500. The van der Waals surface area contributed by atoms with Crippen LogP contribution in [0.25, 0.3) is 11.1 Å². The monoisotopic (exact) mass is 562 g/mol. The lowest BCUT2D eigenvalue weighted by molar-refractivity contribution is 0.310. The minimum atomic E-state index is -3.57. The smallest absolute Gasteiger partial charge is 0.182 e. The Morgan fingerprint density at radius 3 is 2.77 bits per heavy atom. The number of aromatic nitrogens is 3. The second kappa shape index (κ2) is 10.6. The largest absolute Gasteiger partial charge is 0.491 e. The molecule has 0 unspecified atom stereocenters. The molecule has 0 spiro atoms. The number of hydrogen-bond acceptors (Lipinski definition) is 9. The number of pyridine rings is 1. The van der Waals surface area contributed by atoms with Crippen LogP contribution in [-0.2, 0) is 29.2 Å². The van der Waals surface area contributed by atoms with Gasteiger partial charge in [0.1, 0.15) is 35.2 Å². The van der Waals surface area contributed by atoms with Crippen LogP contribution < -0.4 is 20.7 Å². The zero-order valence-electron chi connectivity index (χ0n) is 23.3. The van der Waals surface area contributed by atoms with Gasteiger partial charge >= 0.3 is 0 Å². The Balaban J connectivity index is 1.30. The van der Waals surface area contributed by atoms with Crippen LogP contribution in [-0.4, -0.2) is 55.4 Å². The number of nitrogens with zero attached hydrogens (tertiary/aromatic N) is 4. The van der Waals surface area contributed by atoms with Crippen molar-refractivity contribution in [2.75, 3.05) is 42.6 Å². The van der Waals surface area contributed by atoms with E-state index in [4.69, 9.17) is 15.5 Å². The summed E-state index contributed by atoms with van der Waals surface area (Å²) >= 11 is 0. The van der Waals surface area contributed by atoms with Crippen LogP contribution in [0.15, 0.2) is 41.7 Å². The van der Waals surface area contributed by atoms with Gasteiger partial charge in [0.25, 0.3) is 0 Å². The summed E-state index contributed by atoms with van der Waals surface area (Å²) in [7, 11) is -3.57. The van der Waals surface area contributed by atoms with Crippen molar-refractivity contribution in [3.63, 3.8) is 0 Å². The van der Waals surface area contributed by atoms with Crippen molar-refractivity contribution in [2.24, 2.45) is 11.3 Å². The number of rotatable bonds is 5. The lowest BCUT2D eigenvalue weighted by Crippen LogP contribution is -2.31. The molecule has 1 saturated heterocycles. The van der Waals surface area contributed by atoms with Gasteiger partial charge in [0, 0.05) is 35.1 Å². The summed E-state index contributed by atoms with van der Waals surface area (Å²) in [5, 5.41) is 3.29. The number of nitrogens with two attached hydrogens (primary N) is 1. The molecule has 0 atom stereocenters. The number of ether oxygens (including phenoxy) is 1. The summed E-state index contributed by atoms with van der Waals surface area (Å²) in [6.07, 6.45) is 8.07. The zero-order chi connectivity index (χ0) is 27.9. The molecule has 1 aliphatic carbocycles. The minimum Gasteiger partial charge on any atom is -0.491 e. The number of benzene rings is 1. The topological polar surface area (TPSA) is 123 Å². The molecule has 2 aromatic heterocycles. The van der Waals surface area contributed by atoms with Gasteiger partial charge in [-0.3, -0.25) is 0 Å². The highest BCUT2D eigenvalue weighted by molar-refractivity contribution is 7.91. The van der Waals surface area contributed by atoms with Gasteiger partial charge in [0.2, 0.25) is 0 Å². The molecule has 0 amide bonds. The van der Waals surface area contributed by atoms with E-state index in [-0.39, 0.29) is 27.8 Å². The number of nitrogen functional groups attached to an aromatic ring is 1. The average molecular weight is 563 g/mol. The highest BCUT2D eigenvalue weighted by atomic mass is 32.2. The van der Waals surface area contributed by atoms with Gasteiger partial charge in [0.05, 0.1) is 12.3 Å². The van der Waals surface area contributed by atoms with Crippen LogP contribution >= 0.6 is 0 Å².